The number of anilines is 1. The Morgan fingerprint density at radius 1 is 1.40 bits per heavy atom. The third kappa shape index (κ3) is 4.01. The molecule has 0 radical (unpaired) electrons. The van der Waals surface area contributed by atoms with Crippen molar-refractivity contribution in [3.8, 4) is 6.07 Å². The molecule has 80 valence electrons. The first-order chi connectivity index (χ1) is 7.26. The van der Waals surface area contributed by atoms with Crippen molar-refractivity contribution in [3.05, 3.63) is 29.8 Å². The highest BCUT2D eigenvalue weighted by atomic mass is 16.5. The highest BCUT2D eigenvalue weighted by molar-refractivity contribution is 5.45. The van der Waals surface area contributed by atoms with E-state index in [1.165, 1.54) is 0 Å². The zero-order valence-corrected chi connectivity index (χ0v) is 9.16. The average Bonchev–Trinajstić information content (AvgIpc) is 2.22. The lowest BCUT2D eigenvalue weighted by atomic mass is 10.1. The van der Waals surface area contributed by atoms with E-state index in [1.54, 1.807) is 7.11 Å². The Kier molecular flexibility index (Phi) is 4.65. The summed E-state index contributed by atoms with van der Waals surface area (Å²) in [7, 11) is 1.69. The molecule has 0 spiro atoms. The van der Waals surface area contributed by atoms with Crippen molar-refractivity contribution in [1.82, 2.24) is 0 Å². The molecule has 0 saturated carbocycles. The van der Waals surface area contributed by atoms with Gasteiger partial charge in [-0.15, -0.1) is 0 Å². The lowest BCUT2D eigenvalue weighted by Gasteiger charge is -2.14. The van der Waals surface area contributed by atoms with Gasteiger partial charge in [0, 0.05) is 18.8 Å². The monoisotopic (exact) mass is 204 g/mol. The summed E-state index contributed by atoms with van der Waals surface area (Å²) in [6.45, 7) is 2.74. The normalized spacial score (nSPS) is 11.8. The van der Waals surface area contributed by atoms with Crippen LogP contribution in [0, 0.1) is 11.3 Å². The Hall–Kier alpha value is -1.53. The minimum Gasteiger partial charge on any atom is -0.383 e. The van der Waals surface area contributed by atoms with Crippen LogP contribution in [-0.2, 0) is 11.2 Å². The predicted molar refractivity (Wildman–Crippen MR) is 60.7 cm³/mol. The summed E-state index contributed by atoms with van der Waals surface area (Å²) in [6.07, 6.45) is 0.466. The number of ether oxygens (including phenoxy) is 1. The van der Waals surface area contributed by atoms with Gasteiger partial charge in [-0.1, -0.05) is 12.1 Å². The minimum atomic E-state index is 0.289. The number of nitrogens with zero attached hydrogens (tertiary/aromatic N) is 1. The van der Waals surface area contributed by atoms with E-state index in [9.17, 15) is 0 Å². The van der Waals surface area contributed by atoms with Crippen LogP contribution < -0.4 is 5.32 Å². The quantitative estimate of drug-likeness (QED) is 0.799. The second-order valence-corrected chi connectivity index (χ2v) is 3.53. The van der Waals surface area contributed by atoms with E-state index in [4.69, 9.17) is 10.00 Å². The fourth-order valence-electron chi connectivity index (χ4n) is 1.39. The van der Waals surface area contributed by atoms with Gasteiger partial charge < -0.3 is 10.1 Å². The molecule has 1 aromatic carbocycles. The molecule has 1 aromatic rings. The molecule has 0 aliphatic carbocycles. The number of nitriles is 1. The summed E-state index contributed by atoms with van der Waals surface area (Å²) in [5, 5.41) is 11.8. The van der Waals surface area contributed by atoms with Crippen molar-refractivity contribution in [1.29, 1.82) is 5.26 Å². The number of nitrogens with one attached hydrogen (secondary N) is 1. The largest absolute Gasteiger partial charge is 0.383 e. The maximum absolute atomic E-state index is 8.52. The summed E-state index contributed by atoms with van der Waals surface area (Å²) in [5.74, 6) is 0. The molecule has 3 heteroatoms. The highest BCUT2D eigenvalue weighted by Crippen LogP contribution is 2.11. The van der Waals surface area contributed by atoms with Crippen LogP contribution in [0.1, 0.15) is 12.5 Å². The van der Waals surface area contributed by atoms with Gasteiger partial charge in [-0.3, -0.25) is 0 Å². The Bertz CT molecular complexity index is 326. The van der Waals surface area contributed by atoms with Crippen LogP contribution in [0.15, 0.2) is 24.3 Å². The van der Waals surface area contributed by atoms with Crippen LogP contribution in [-0.4, -0.2) is 19.8 Å². The second kappa shape index (κ2) is 6.05. The van der Waals surface area contributed by atoms with Gasteiger partial charge in [0.25, 0.3) is 0 Å². The summed E-state index contributed by atoms with van der Waals surface area (Å²) in [4.78, 5) is 0. The van der Waals surface area contributed by atoms with Gasteiger partial charge in [-0.05, 0) is 24.6 Å². The molecule has 0 aliphatic heterocycles. The topological polar surface area (TPSA) is 45.0 Å². The molecule has 0 aromatic heterocycles. The van der Waals surface area contributed by atoms with E-state index in [1.807, 2.05) is 24.3 Å². The molecule has 0 heterocycles. The van der Waals surface area contributed by atoms with Gasteiger partial charge in [0.15, 0.2) is 0 Å². The molecule has 15 heavy (non-hydrogen) atoms. The summed E-state index contributed by atoms with van der Waals surface area (Å²) in [6, 6.07) is 10.3. The number of hydrogen-bond donors (Lipinski definition) is 1. The summed E-state index contributed by atoms with van der Waals surface area (Å²) >= 11 is 0. The average molecular weight is 204 g/mol. The molecule has 1 unspecified atom stereocenters. The van der Waals surface area contributed by atoms with Crippen molar-refractivity contribution < 1.29 is 4.74 Å². The van der Waals surface area contributed by atoms with Crippen molar-refractivity contribution in [2.75, 3.05) is 19.0 Å². The third-order valence-electron chi connectivity index (χ3n) is 2.07. The van der Waals surface area contributed by atoms with E-state index >= 15 is 0 Å². The van der Waals surface area contributed by atoms with Crippen LogP contribution in [0.2, 0.25) is 0 Å². The molecule has 1 N–H and O–H groups in total. The van der Waals surface area contributed by atoms with Crippen LogP contribution in [0.5, 0.6) is 0 Å². The summed E-state index contributed by atoms with van der Waals surface area (Å²) in [5.41, 5.74) is 2.10. The number of methoxy groups -OCH3 is 1. The number of rotatable bonds is 5. The van der Waals surface area contributed by atoms with Crippen molar-refractivity contribution in [2.24, 2.45) is 0 Å². The van der Waals surface area contributed by atoms with Gasteiger partial charge in [-0.2, -0.15) is 5.26 Å². The SMILES string of the molecule is COCC(C)Nc1ccc(CC#N)cc1. The molecule has 0 amide bonds. The standard InChI is InChI=1S/C12H16N2O/c1-10(9-15-2)14-12-5-3-11(4-6-12)7-8-13/h3-6,10,14H,7,9H2,1-2H3. The fourth-order valence-corrected chi connectivity index (χ4v) is 1.39. The molecule has 0 aliphatic rings. The Labute approximate surface area is 90.7 Å². The maximum atomic E-state index is 8.52. The maximum Gasteiger partial charge on any atom is 0.0669 e. The molecule has 0 fully saturated rings. The van der Waals surface area contributed by atoms with E-state index in [-0.39, 0.29) is 6.04 Å². The van der Waals surface area contributed by atoms with E-state index in [2.05, 4.69) is 18.3 Å². The van der Waals surface area contributed by atoms with Crippen molar-refractivity contribution in [2.45, 2.75) is 19.4 Å². The lowest BCUT2D eigenvalue weighted by Crippen LogP contribution is -2.20. The smallest absolute Gasteiger partial charge is 0.0669 e. The van der Waals surface area contributed by atoms with Gasteiger partial charge in [0.2, 0.25) is 0 Å². The molecule has 1 rings (SSSR count). The van der Waals surface area contributed by atoms with Gasteiger partial charge >= 0.3 is 0 Å². The van der Waals surface area contributed by atoms with Gasteiger partial charge in [0.1, 0.15) is 0 Å². The zero-order chi connectivity index (χ0) is 11.1. The zero-order valence-electron chi connectivity index (χ0n) is 9.16. The third-order valence-corrected chi connectivity index (χ3v) is 2.07. The second-order valence-electron chi connectivity index (χ2n) is 3.53. The highest BCUT2D eigenvalue weighted by Gasteiger charge is 2.00. The van der Waals surface area contributed by atoms with Gasteiger partial charge in [0.05, 0.1) is 19.1 Å². The number of benzene rings is 1. The Morgan fingerprint density at radius 3 is 2.60 bits per heavy atom. The van der Waals surface area contributed by atoms with Crippen LogP contribution in [0.3, 0.4) is 0 Å². The van der Waals surface area contributed by atoms with Gasteiger partial charge in [-0.25, -0.2) is 0 Å². The molecule has 0 bridgehead atoms. The van der Waals surface area contributed by atoms with Crippen LogP contribution in [0.25, 0.3) is 0 Å². The van der Waals surface area contributed by atoms with Crippen molar-refractivity contribution >= 4 is 5.69 Å². The van der Waals surface area contributed by atoms with E-state index in [0.29, 0.717) is 13.0 Å². The number of hydrogen-bond acceptors (Lipinski definition) is 3. The first-order valence-electron chi connectivity index (χ1n) is 4.97. The van der Waals surface area contributed by atoms with Crippen LogP contribution >= 0.6 is 0 Å². The van der Waals surface area contributed by atoms with E-state index in [0.717, 1.165) is 11.3 Å². The summed E-state index contributed by atoms with van der Waals surface area (Å²) < 4.78 is 5.03. The predicted octanol–water partition coefficient (Wildman–Crippen LogP) is 2.20. The first-order valence-corrected chi connectivity index (χ1v) is 4.97. The molecular weight excluding hydrogens is 188 g/mol. The lowest BCUT2D eigenvalue weighted by molar-refractivity contribution is 0.190. The molecule has 0 saturated heterocycles. The van der Waals surface area contributed by atoms with Crippen LogP contribution in [0.4, 0.5) is 5.69 Å². The Morgan fingerprint density at radius 2 is 2.07 bits per heavy atom. The minimum absolute atomic E-state index is 0.289. The molecule has 1 atom stereocenters. The van der Waals surface area contributed by atoms with Crippen molar-refractivity contribution in [3.63, 3.8) is 0 Å². The first kappa shape index (κ1) is 11.5. The molecular formula is C12H16N2O. The fraction of sp³-hybridized carbons (Fsp3) is 0.417. The Balaban J connectivity index is 2.53. The molecule has 3 nitrogen and oxygen atoms in total. The van der Waals surface area contributed by atoms with E-state index < -0.39 is 0 Å².